The van der Waals surface area contributed by atoms with Crippen LogP contribution in [0.2, 0.25) is 10.0 Å². The maximum absolute atomic E-state index is 13.6. The molecule has 0 radical (unpaired) electrons. The summed E-state index contributed by atoms with van der Waals surface area (Å²) in [6.07, 6.45) is 0. The first-order valence-corrected chi connectivity index (χ1v) is 6.00. The molecule has 0 saturated heterocycles. The highest BCUT2D eigenvalue weighted by molar-refractivity contribution is 6.32. The lowest BCUT2D eigenvalue weighted by atomic mass is 9.99. The van der Waals surface area contributed by atoms with Gasteiger partial charge in [-0.05, 0) is 42.8 Å². The second-order valence-electron chi connectivity index (χ2n) is 3.91. The van der Waals surface area contributed by atoms with Crippen molar-refractivity contribution < 1.29 is 9.18 Å². The number of ketones is 1. The fourth-order valence-electron chi connectivity index (χ4n) is 1.66. The number of benzene rings is 2. The number of carbonyl (C=O) groups excluding carboxylic acids is 1. The molecule has 0 aliphatic rings. The molecule has 2 rings (SSSR count). The maximum Gasteiger partial charge on any atom is 0.196 e. The van der Waals surface area contributed by atoms with E-state index in [-0.39, 0.29) is 5.56 Å². The zero-order valence-electron chi connectivity index (χ0n) is 9.51. The Kier molecular flexibility index (Phi) is 3.69. The summed E-state index contributed by atoms with van der Waals surface area (Å²) in [5.74, 6) is -1.02. The minimum absolute atomic E-state index is 0.0483. The van der Waals surface area contributed by atoms with Crippen molar-refractivity contribution >= 4 is 29.0 Å². The number of carbonyl (C=O) groups is 1. The predicted molar refractivity (Wildman–Crippen MR) is 71.0 cm³/mol. The van der Waals surface area contributed by atoms with Gasteiger partial charge >= 0.3 is 0 Å². The smallest absolute Gasteiger partial charge is 0.196 e. The van der Waals surface area contributed by atoms with Crippen LogP contribution in [-0.4, -0.2) is 5.78 Å². The lowest BCUT2D eigenvalue weighted by molar-refractivity contribution is 0.103. The van der Waals surface area contributed by atoms with E-state index in [1.165, 1.54) is 24.3 Å². The van der Waals surface area contributed by atoms with E-state index in [4.69, 9.17) is 23.2 Å². The Morgan fingerprint density at radius 1 is 1.00 bits per heavy atom. The third-order valence-electron chi connectivity index (χ3n) is 2.62. The van der Waals surface area contributed by atoms with Gasteiger partial charge in [0.1, 0.15) is 5.82 Å². The fraction of sp³-hybridized carbons (Fsp3) is 0.0714. The predicted octanol–water partition coefficient (Wildman–Crippen LogP) is 4.67. The van der Waals surface area contributed by atoms with Crippen LogP contribution in [0, 0.1) is 12.7 Å². The Labute approximate surface area is 114 Å². The lowest BCUT2D eigenvalue weighted by Crippen LogP contribution is -2.06. The molecule has 0 aliphatic heterocycles. The Hall–Kier alpha value is -1.38. The molecular weight excluding hydrogens is 274 g/mol. The third-order valence-corrected chi connectivity index (χ3v) is 3.09. The molecule has 1 nitrogen and oxygen atoms in total. The van der Waals surface area contributed by atoms with Crippen LogP contribution in [0.3, 0.4) is 0 Å². The van der Waals surface area contributed by atoms with Crippen LogP contribution >= 0.6 is 23.2 Å². The molecule has 0 spiro atoms. The highest BCUT2D eigenvalue weighted by atomic mass is 35.5. The molecule has 0 atom stereocenters. The molecule has 18 heavy (non-hydrogen) atoms. The summed E-state index contributed by atoms with van der Waals surface area (Å²) >= 11 is 11.6. The van der Waals surface area contributed by atoms with Gasteiger partial charge in [-0.25, -0.2) is 4.39 Å². The molecule has 0 bridgehead atoms. The molecule has 4 heteroatoms. The quantitative estimate of drug-likeness (QED) is 0.732. The van der Waals surface area contributed by atoms with E-state index in [2.05, 4.69) is 0 Å². The molecule has 2 aromatic carbocycles. The lowest BCUT2D eigenvalue weighted by Gasteiger charge is -2.07. The highest BCUT2D eigenvalue weighted by Gasteiger charge is 2.16. The van der Waals surface area contributed by atoms with E-state index in [9.17, 15) is 9.18 Å². The van der Waals surface area contributed by atoms with Crippen molar-refractivity contribution in [2.24, 2.45) is 0 Å². The van der Waals surface area contributed by atoms with Crippen LogP contribution < -0.4 is 0 Å². The molecule has 92 valence electrons. The third kappa shape index (κ3) is 2.55. The highest BCUT2D eigenvalue weighted by Crippen LogP contribution is 2.22. The number of aryl methyl sites for hydroxylation is 1. The first-order chi connectivity index (χ1) is 8.49. The van der Waals surface area contributed by atoms with E-state index >= 15 is 0 Å². The topological polar surface area (TPSA) is 17.1 Å². The van der Waals surface area contributed by atoms with Crippen molar-refractivity contribution in [2.45, 2.75) is 6.92 Å². The van der Waals surface area contributed by atoms with Crippen molar-refractivity contribution in [1.29, 1.82) is 0 Å². The average Bonchev–Trinajstić information content (AvgIpc) is 2.34. The molecule has 2 aromatic rings. The Morgan fingerprint density at radius 2 is 1.56 bits per heavy atom. The Bertz CT molecular complexity index is 570. The van der Waals surface area contributed by atoms with Gasteiger partial charge in [0.05, 0.1) is 5.56 Å². The van der Waals surface area contributed by atoms with Gasteiger partial charge in [0, 0.05) is 15.6 Å². The molecule has 0 amide bonds. The summed E-state index contributed by atoms with van der Waals surface area (Å²) < 4.78 is 13.6. The fourth-order valence-corrected chi connectivity index (χ4v) is 2.00. The van der Waals surface area contributed by atoms with Crippen LogP contribution in [0.25, 0.3) is 0 Å². The van der Waals surface area contributed by atoms with Gasteiger partial charge in [-0.3, -0.25) is 4.79 Å². The largest absolute Gasteiger partial charge is 0.288 e. The molecule has 0 fully saturated rings. The summed E-state index contributed by atoms with van der Waals surface area (Å²) in [5, 5.41) is 0.755. The summed E-state index contributed by atoms with van der Waals surface area (Å²) in [6, 6.07) is 8.83. The van der Waals surface area contributed by atoms with Gasteiger partial charge in [0.25, 0.3) is 0 Å². The van der Waals surface area contributed by atoms with E-state index in [0.29, 0.717) is 15.6 Å². The second-order valence-corrected chi connectivity index (χ2v) is 4.79. The molecule has 0 N–H and O–H groups in total. The molecular formula is C14H9Cl2FO. The monoisotopic (exact) mass is 282 g/mol. The van der Waals surface area contributed by atoms with E-state index in [1.807, 2.05) is 0 Å². The van der Waals surface area contributed by atoms with Crippen LogP contribution in [-0.2, 0) is 0 Å². The van der Waals surface area contributed by atoms with E-state index < -0.39 is 11.6 Å². The normalized spacial score (nSPS) is 10.4. The van der Waals surface area contributed by atoms with Gasteiger partial charge in [-0.1, -0.05) is 29.3 Å². The van der Waals surface area contributed by atoms with Crippen LogP contribution in [0.15, 0.2) is 36.4 Å². The Morgan fingerprint density at radius 3 is 2.22 bits per heavy atom. The standard InChI is InChI=1S/C14H9Cl2FO/c1-8-2-3-9(15)6-11(8)14(18)12-7-10(16)4-5-13(12)17/h2-7H,1H3. The van der Waals surface area contributed by atoms with Gasteiger partial charge in [-0.15, -0.1) is 0 Å². The van der Waals surface area contributed by atoms with Crippen LogP contribution in [0.5, 0.6) is 0 Å². The van der Waals surface area contributed by atoms with Gasteiger partial charge in [0.2, 0.25) is 0 Å². The summed E-state index contributed by atoms with van der Waals surface area (Å²) in [6.45, 7) is 1.77. The molecule has 0 heterocycles. The second kappa shape index (κ2) is 5.09. The minimum Gasteiger partial charge on any atom is -0.288 e. The summed E-state index contributed by atoms with van der Waals surface area (Å²) in [5.41, 5.74) is 1.07. The van der Waals surface area contributed by atoms with E-state index in [0.717, 1.165) is 5.56 Å². The summed E-state index contributed by atoms with van der Waals surface area (Å²) in [7, 11) is 0. The first kappa shape index (κ1) is 13.1. The number of hydrogen-bond donors (Lipinski definition) is 0. The molecule has 0 unspecified atom stereocenters. The number of hydrogen-bond acceptors (Lipinski definition) is 1. The first-order valence-electron chi connectivity index (χ1n) is 5.25. The van der Waals surface area contributed by atoms with Crippen molar-refractivity contribution in [3.63, 3.8) is 0 Å². The molecule has 0 aromatic heterocycles. The number of halogens is 3. The van der Waals surface area contributed by atoms with Gasteiger partial charge in [-0.2, -0.15) is 0 Å². The van der Waals surface area contributed by atoms with Crippen molar-refractivity contribution in [2.75, 3.05) is 0 Å². The number of rotatable bonds is 2. The zero-order valence-corrected chi connectivity index (χ0v) is 11.0. The molecule has 0 saturated carbocycles. The maximum atomic E-state index is 13.6. The van der Waals surface area contributed by atoms with Crippen molar-refractivity contribution in [3.05, 3.63) is 69.0 Å². The summed E-state index contributed by atoms with van der Waals surface area (Å²) in [4.78, 5) is 12.2. The van der Waals surface area contributed by atoms with Gasteiger partial charge in [0.15, 0.2) is 5.78 Å². The average molecular weight is 283 g/mol. The van der Waals surface area contributed by atoms with Crippen molar-refractivity contribution in [3.8, 4) is 0 Å². The minimum atomic E-state index is -0.594. The van der Waals surface area contributed by atoms with E-state index in [1.54, 1.807) is 19.1 Å². The molecule has 0 aliphatic carbocycles. The van der Waals surface area contributed by atoms with Gasteiger partial charge < -0.3 is 0 Å². The SMILES string of the molecule is Cc1ccc(Cl)cc1C(=O)c1cc(Cl)ccc1F. The van der Waals surface area contributed by atoms with Crippen LogP contribution in [0.1, 0.15) is 21.5 Å². The van der Waals surface area contributed by atoms with Crippen LogP contribution in [0.4, 0.5) is 4.39 Å². The zero-order chi connectivity index (χ0) is 13.3. The Balaban J connectivity index is 2.54. The van der Waals surface area contributed by atoms with Crippen molar-refractivity contribution in [1.82, 2.24) is 0 Å².